The monoisotopic (exact) mass is 369 g/mol. The van der Waals surface area contributed by atoms with Gasteiger partial charge in [-0.2, -0.15) is 0 Å². The molecule has 0 amide bonds. The largest absolute Gasteiger partial charge is 0.504 e. The van der Waals surface area contributed by atoms with Crippen LogP contribution in [0.2, 0.25) is 5.02 Å². The number of nitrogens with two attached hydrogens (primary N) is 1. The summed E-state index contributed by atoms with van der Waals surface area (Å²) in [5, 5.41) is 19.6. The Hall–Kier alpha value is -2.79. The van der Waals surface area contributed by atoms with Crippen molar-refractivity contribution in [2.45, 2.75) is 26.2 Å². The number of benzene rings is 2. The van der Waals surface area contributed by atoms with Gasteiger partial charge < -0.3 is 15.9 Å². The molecule has 3 rings (SSSR count). The molecule has 0 saturated heterocycles. The van der Waals surface area contributed by atoms with E-state index in [0.29, 0.717) is 5.02 Å². The SMILES string of the molecule is Cc1c(Cl)cccc1-c1cc(CCCc2ccc(O)c(O)c2)nc(N)n1. The highest BCUT2D eigenvalue weighted by molar-refractivity contribution is 6.31. The maximum absolute atomic E-state index is 9.57. The van der Waals surface area contributed by atoms with Crippen LogP contribution in [0.1, 0.15) is 23.2 Å². The highest BCUT2D eigenvalue weighted by Gasteiger charge is 2.10. The molecule has 0 bridgehead atoms. The quantitative estimate of drug-likeness (QED) is 0.584. The Balaban J connectivity index is 1.75. The molecule has 6 heteroatoms. The summed E-state index contributed by atoms with van der Waals surface area (Å²) in [6.45, 7) is 1.95. The Morgan fingerprint density at radius 2 is 1.81 bits per heavy atom. The topological polar surface area (TPSA) is 92.3 Å². The zero-order valence-corrected chi connectivity index (χ0v) is 15.2. The lowest BCUT2D eigenvalue weighted by atomic mass is 10.0. The third-order valence-corrected chi connectivity index (χ3v) is 4.69. The number of aryl methyl sites for hydroxylation is 2. The Kier molecular flexibility index (Phi) is 5.28. The number of nitrogens with zero attached hydrogens (tertiary/aromatic N) is 2. The van der Waals surface area contributed by atoms with Crippen LogP contribution in [0.25, 0.3) is 11.3 Å². The van der Waals surface area contributed by atoms with Gasteiger partial charge in [0, 0.05) is 16.3 Å². The van der Waals surface area contributed by atoms with Crippen molar-refractivity contribution in [1.82, 2.24) is 9.97 Å². The molecule has 26 heavy (non-hydrogen) atoms. The van der Waals surface area contributed by atoms with Crippen molar-refractivity contribution in [3.63, 3.8) is 0 Å². The number of phenols is 2. The Morgan fingerprint density at radius 1 is 1.00 bits per heavy atom. The van der Waals surface area contributed by atoms with Gasteiger partial charge in [-0.1, -0.05) is 29.8 Å². The summed E-state index contributed by atoms with van der Waals surface area (Å²) in [4.78, 5) is 8.66. The fourth-order valence-electron chi connectivity index (χ4n) is 2.87. The van der Waals surface area contributed by atoms with Crippen molar-refractivity contribution in [3.05, 3.63) is 64.3 Å². The van der Waals surface area contributed by atoms with Crippen LogP contribution in [-0.4, -0.2) is 20.2 Å². The third kappa shape index (κ3) is 4.06. The highest BCUT2D eigenvalue weighted by atomic mass is 35.5. The number of aromatic hydroxyl groups is 2. The van der Waals surface area contributed by atoms with Gasteiger partial charge in [0.2, 0.25) is 5.95 Å². The van der Waals surface area contributed by atoms with Crippen LogP contribution in [0.3, 0.4) is 0 Å². The van der Waals surface area contributed by atoms with E-state index in [2.05, 4.69) is 9.97 Å². The van der Waals surface area contributed by atoms with Gasteiger partial charge in [0.25, 0.3) is 0 Å². The van der Waals surface area contributed by atoms with Gasteiger partial charge in [-0.15, -0.1) is 0 Å². The summed E-state index contributed by atoms with van der Waals surface area (Å²) in [5.74, 6) is 0.0190. The third-order valence-electron chi connectivity index (χ3n) is 4.28. The molecule has 0 spiro atoms. The molecule has 4 N–H and O–H groups in total. The second-order valence-electron chi connectivity index (χ2n) is 6.19. The first-order valence-corrected chi connectivity index (χ1v) is 8.71. The molecule has 2 aromatic carbocycles. The summed E-state index contributed by atoms with van der Waals surface area (Å²) in [7, 11) is 0. The Bertz CT molecular complexity index is 944. The van der Waals surface area contributed by atoms with Crippen molar-refractivity contribution in [2.75, 3.05) is 5.73 Å². The van der Waals surface area contributed by atoms with Gasteiger partial charge in [-0.3, -0.25) is 0 Å². The number of halogens is 1. The van der Waals surface area contributed by atoms with E-state index < -0.39 is 0 Å². The van der Waals surface area contributed by atoms with E-state index in [4.69, 9.17) is 17.3 Å². The lowest BCUT2D eigenvalue weighted by molar-refractivity contribution is 0.403. The van der Waals surface area contributed by atoms with Crippen molar-refractivity contribution >= 4 is 17.5 Å². The second kappa shape index (κ2) is 7.62. The lowest BCUT2D eigenvalue weighted by Gasteiger charge is -2.10. The van der Waals surface area contributed by atoms with Gasteiger partial charge in [0.15, 0.2) is 11.5 Å². The molecule has 0 aliphatic carbocycles. The molecule has 0 radical (unpaired) electrons. The number of aromatic nitrogens is 2. The summed E-state index contributed by atoms with van der Waals surface area (Å²) >= 11 is 6.21. The highest BCUT2D eigenvalue weighted by Crippen LogP contribution is 2.28. The van der Waals surface area contributed by atoms with Crippen LogP contribution >= 0.6 is 11.6 Å². The first-order chi connectivity index (χ1) is 12.4. The molecular weight excluding hydrogens is 350 g/mol. The molecule has 0 aliphatic heterocycles. The van der Waals surface area contributed by atoms with Crippen LogP contribution in [0, 0.1) is 6.92 Å². The summed E-state index contributed by atoms with van der Waals surface area (Å²) in [5.41, 5.74) is 10.4. The molecule has 0 aliphatic rings. The van der Waals surface area contributed by atoms with Gasteiger partial charge in [0.05, 0.1) is 5.69 Å². The zero-order chi connectivity index (χ0) is 18.7. The van der Waals surface area contributed by atoms with Gasteiger partial charge in [-0.05, 0) is 61.6 Å². The number of phenolic OH excluding ortho intramolecular Hbond substituents is 2. The van der Waals surface area contributed by atoms with E-state index in [1.807, 2.05) is 31.2 Å². The molecule has 0 atom stereocenters. The van der Waals surface area contributed by atoms with Crippen LogP contribution in [0.4, 0.5) is 5.95 Å². The molecule has 1 heterocycles. The van der Waals surface area contributed by atoms with Crippen LogP contribution in [0.5, 0.6) is 11.5 Å². The Labute approximate surface area is 157 Å². The standard InChI is InChI=1S/C20H20ClN3O2/c1-12-15(6-3-7-16(12)21)17-11-14(23-20(22)24-17)5-2-4-13-8-9-18(25)19(26)10-13/h3,6-11,25-26H,2,4-5H2,1H3,(H2,22,23,24). The fraction of sp³-hybridized carbons (Fsp3) is 0.200. The number of hydrogen-bond acceptors (Lipinski definition) is 5. The first-order valence-electron chi connectivity index (χ1n) is 8.34. The van der Waals surface area contributed by atoms with Crippen molar-refractivity contribution in [1.29, 1.82) is 0 Å². The molecule has 3 aromatic rings. The number of hydrogen-bond donors (Lipinski definition) is 3. The van der Waals surface area contributed by atoms with E-state index >= 15 is 0 Å². The molecule has 5 nitrogen and oxygen atoms in total. The lowest BCUT2D eigenvalue weighted by Crippen LogP contribution is -2.02. The second-order valence-corrected chi connectivity index (χ2v) is 6.60. The average Bonchev–Trinajstić information content (AvgIpc) is 2.60. The molecule has 1 aromatic heterocycles. The summed E-state index contributed by atoms with van der Waals surface area (Å²) < 4.78 is 0. The fourth-order valence-corrected chi connectivity index (χ4v) is 3.04. The minimum absolute atomic E-state index is 0.104. The number of anilines is 1. The van der Waals surface area contributed by atoms with Crippen LogP contribution < -0.4 is 5.73 Å². The van der Waals surface area contributed by atoms with Gasteiger partial charge in [-0.25, -0.2) is 9.97 Å². The number of nitrogen functional groups attached to an aromatic ring is 1. The summed E-state index contributed by atoms with van der Waals surface area (Å²) in [6, 6.07) is 12.5. The van der Waals surface area contributed by atoms with Crippen LogP contribution in [0.15, 0.2) is 42.5 Å². The smallest absolute Gasteiger partial charge is 0.220 e. The minimum atomic E-state index is -0.112. The van der Waals surface area contributed by atoms with Crippen molar-refractivity contribution < 1.29 is 10.2 Å². The Morgan fingerprint density at radius 3 is 2.58 bits per heavy atom. The van der Waals surface area contributed by atoms with E-state index in [1.54, 1.807) is 12.1 Å². The molecular formula is C20H20ClN3O2. The predicted molar refractivity (Wildman–Crippen MR) is 103 cm³/mol. The van der Waals surface area contributed by atoms with E-state index in [1.165, 1.54) is 6.07 Å². The van der Waals surface area contributed by atoms with Gasteiger partial charge >= 0.3 is 0 Å². The first kappa shape index (κ1) is 18.0. The maximum Gasteiger partial charge on any atom is 0.220 e. The average molecular weight is 370 g/mol. The van der Waals surface area contributed by atoms with Crippen molar-refractivity contribution in [2.24, 2.45) is 0 Å². The molecule has 0 fully saturated rings. The van der Waals surface area contributed by atoms with Crippen molar-refractivity contribution in [3.8, 4) is 22.8 Å². The molecule has 134 valence electrons. The van der Waals surface area contributed by atoms with Gasteiger partial charge in [0.1, 0.15) is 0 Å². The zero-order valence-electron chi connectivity index (χ0n) is 14.4. The normalized spacial score (nSPS) is 10.8. The van der Waals surface area contributed by atoms with Crippen LogP contribution in [-0.2, 0) is 12.8 Å². The minimum Gasteiger partial charge on any atom is -0.504 e. The summed E-state index contributed by atoms with van der Waals surface area (Å²) in [6.07, 6.45) is 2.30. The van der Waals surface area contributed by atoms with E-state index in [-0.39, 0.29) is 17.4 Å². The maximum atomic E-state index is 9.57. The molecule has 0 unspecified atom stereocenters. The molecule has 0 saturated carbocycles. The van der Waals surface area contributed by atoms with E-state index in [0.717, 1.165) is 47.3 Å². The number of rotatable bonds is 5. The predicted octanol–water partition coefficient (Wildman–Crippen LogP) is 4.27. The van der Waals surface area contributed by atoms with E-state index in [9.17, 15) is 10.2 Å².